The number of nitrogens with zero attached hydrogens (tertiary/aromatic N) is 1. The van der Waals surface area contributed by atoms with Gasteiger partial charge in [0.25, 0.3) is 4.84 Å². The quantitative estimate of drug-likeness (QED) is 0.587. The van der Waals surface area contributed by atoms with Crippen molar-refractivity contribution in [1.82, 2.24) is 4.57 Å². The summed E-state index contributed by atoms with van der Waals surface area (Å²) < 4.78 is 8.16. The van der Waals surface area contributed by atoms with E-state index in [1.165, 1.54) is 0 Å². The lowest BCUT2D eigenvalue weighted by atomic mass is 10.2. The largest absolute Gasteiger partial charge is 0.431 e. The molecule has 0 aliphatic rings. The minimum Gasteiger partial charge on any atom is -0.431 e. The summed E-state index contributed by atoms with van der Waals surface area (Å²) >= 11 is 10.9. The number of para-hydroxylation sites is 1. The van der Waals surface area contributed by atoms with Crippen LogP contribution in [0.3, 0.4) is 0 Å². The zero-order chi connectivity index (χ0) is 13.4. The molecule has 0 N–H and O–H groups in total. The van der Waals surface area contributed by atoms with Crippen molar-refractivity contribution in [3.05, 3.63) is 63.6 Å². The van der Waals surface area contributed by atoms with Gasteiger partial charge in [-0.2, -0.15) is 0 Å². The van der Waals surface area contributed by atoms with Crippen molar-refractivity contribution in [2.24, 2.45) is 0 Å². The molecule has 0 aliphatic heterocycles. The van der Waals surface area contributed by atoms with Crippen LogP contribution in [0.2, 0.25) is 0 Å². The first-order valence-corrected chi connectivity index (χ1v) is 6.70. The van der Waals surface area contributed by atoms with Crippen molar-refractivity contribution in [2.75, 3.05) is 0 Å². The Hall–Kier alpha value is -1.78. The highest BCUT2D eigenvalue weighted by Crippen LogP contribution is 2.21. The second-order valence-electron chi connectivity index (χ2n) is 4.34. The Kier molecular flexibility index (Phi) is 3.05. The number of aromatic nitrogens is 1. The number of hydrogen-bond acceptors (Lipinski definition) is 3. The Morgan fingerprint density at radius 3 is 2.47 bits per heavy atom. The molecule has 0 unspecified atom stereocenters. The van der Waals surface area contributed by atoms with E-state index in [2.05, 4.69) is 0 Å². The molecule has 19 heavy (non-hydrogen) atoms. The molecule has 2 aromatic carbocycles. The van der Waals surface area contributed by atoms with E-state index in [0.29, 0.717) is 9.48 Å². The number of fused-ring (bicyclic) bond motifs is 1. The molecule has 0 spiro atoms. The molecule has 0 saturated carbocycles. The second kappa shape index (κ2) is 4.72. The summed E-state index contributed by atoms with van der Waals surface area (Å²) in [5, 5.41) is 0.910. The van der Waals surface area contributed by atoms with Crippen molar-refractivity contribution >= 4 is 35.4 Å². The smallest absolute Gasteiger partial charge is 0.274 e. The highest BCUT2D eigenvalue weighted by atomic mass is 32.1. The maximum atomic E-state index is 5.69. The van der Waals surface area contributed by atoms with Crippen LogP contribution in [0.15, 0.2) is 52.9 Å². The first-order chi connectivity index (χ1) is 9.16. The minimum absolute atomic E-state index is 0.368. The van der Waals surface area contributed by atoms with Gasteiger partial charge in [-0.15, -0.1) is 0 Å². The summed E-state index contributed by atoms with van der Waals surface area (Å²) in [5.74, 6) is 0. The predicted octanol–water partition coefficient (Wildman–Crippen LogP) is 4.99. The van der Waals surface area contributed by atoms with Crippen LogP contribution in [-0.4, -0.2) is 4.57 Å². The fraction of sp³-hybridized carbons (Fsp3) is 0.0667. The Labute approximate surface area is 120 Å². The van der Waals surface area contributed by atoms with Crippen LogP contribution in [0, 0.1) is 16.4 Å². The van der Waals surface area contributed by atoms with Crippen LogP contribution in [0.25, 0.3) is 16.7 Å². The molecule has 0 radical (unpaired) electrons. The number of rotatable bonds is 1. The van der Waals surface area contributed by atoms with Crippen molar-refractivity contribution in [3.63, 3.8) is 0 Å². The molecule has 3 aromatic rings. The molecule has 1 aromatic heterocycles. The van der Waals surface area contributed by atoms with Crippen LogP contribution in [0.5, 0.6) is 0 Å². The second-order valence-corrected chi connectivity index (χ2v) is 5.08. The molecule has 3 rings (SSSR count). The monoisotopic (exact) mass is 285 g/mol. The predicted molar refractivity (Wildman–Crippen MR) is 81.9 cm³/mol. The summed E-state index contributed by atoms with van der Waals surface area (Å²) in [6, 6.07) is 15.7. The molecule has 4 heteroatoms. The van der Waals surface area contributed by atoms with Gasteiger partial charge in [0.05, 0.1) is 11.1 Å². The van der Waals surface area contributed by atoms with E-state index >= 15 is 0 Å². The first kappa shape index (κ1) is 12.3. The highest BCUT2D eigenvalue weighted by Gasteiger charge is 2.06. The number of hydrogen-bond donors (Lipinski definition) is 0. The van der Waals surface area contributed by atoms with Gasteiger partial charge in [0.15, 0.2) is 0 Å². The van der Waals surface area contributed by atoms with Crippen LogP contribution in [-0.2, 0) is 0 Å². The normalized spacial score (nSPS) is 10.8. The first-order valence-electron chi connectivity index (χ1n) is 5.89. The molecular formula is C15H11NOS2. The lowest BCUT2D eigenvalue weighted by Crippen LogP contribution is -1.99. The highest BCUT2D eigenvalue weighted by molar-refractivity contribution is 7.72. The lowest BCUT2D eigenvalue weighted by molar-refractivity contribution is 0.537. The standard InChI is InChI=1S/C15H11NOS2/c1-10-7-8-13-12(9-10)14(18)16(15(19)17-13)11-5-3-2-4-6-11/h2-9H,1H3. The third kappa shape index (κ3) is 2.13. The average molecular weight is 285 g/mol. The Morgan fingerprint density at radius 2 is 1.74 bits per heavy atom. The van der Waals surface area contributed by atoms with E-state index in [4.69, 9.17) is 28.9 Å². The summed E-state index contributed by atoms with van der Waals surface area (Å²) in [7, 11) is 0. The van der Waals surface area contributed by atoms with Gasteiger partial charge in [-0.25, -0.2) is 0 Å². The molecule has 0 bridgehead atoms. The Morgan fingerprint density at radius 1 is 1.00 bits per heavy atom. The van der Waals surface area contributed by atoms with Crippen LogP contribution in [0.4, 0.5) is 0 Å². The summed E-state index contributed by atoms with van der Waals surface area (Å²) in [4.78, 5) is 0.368. The van der Waals surface area contributed by atoms with Crippen LogP contribution >= 0.6 is 24.4 Å². The Bertz CT molecular complexity index is 863. The summed E-state index contributed by atoms with van der Waals surface area (Å²) in [6.07, 6.45) is 0. The van der Waals surface area contributed by atoms with Gasteiger partial charge < -0.3 is 4.42 Å². The zero-order valence-corrected chi connectivity index (χ0v) is 11.9. The topological polar surface area (TPSA) is 18.1 Å². The molecule has 0 amide bonds. The zero-order valence-electron chi connectivity index (χ0n) is 10.3. The van der Waals surface area contributed by atoms with E-state index in [0.717, 1.165) is 22.2 Å². The van der Waals surface area contributed by atoms with E-state index < -0.39 is 0 Å². The molecule has 0 aliphatic carbocycles. The fourth-order valence-electron chi connectivity index (χ4n) is 2.04. The van der Waals surface area contributed by atoms with Crippen LogP contribution < -0.4 is 0 Å². The fourth-order valence-corrected chi connectivity index (χ4v) is 2.73. The third-order valence-corrected chi connectivity index (χ3v) is 3.63. The van der Waals surface area contributed by atoms with Gasteiger partial charge in [0.1, 0.15) is 10.2 Å². The summed E-state index contributed by atoms with van der Waals surface area (Å²) in [6.45, 7) is 2.03. The molecule has 0 saturated heterocycles. The van der Waals surface area contributed by atoms with E-state index in [1.54, 1.807) is 4.57 Å². The number of benzene rings is 2. The SMILES string of the molecule is Cc1ccc2oc(=S)n(-c3ccccc3)c(=S)c2c1. The minimum atomic E-state index is 0.368. The van der Waals surface area contributed by atoms with Gasteiger partial charge in [-0.05, 0) is 43.4 Å². The van der Waals surface area contributed by atoms with Crippen molar-refractivity contribution in [1.29, 1.82) is 0 Å². The van der Waals surface area contributed by atoms with Gasteiger partial charge in [0, 0.05) is 0 Å². The van der Waals surface area contributed by atoms with Gasteiger partial charge in [-0.3, -0.25) is 4.57 Å². The van der Waals surface area contributed by atoms with Crippen molar-refractivity contribution in [2.45, 2.75) is 6.92 Å². The lowest BCUT2D eigenvalue weighted by Gasteiger charge is -2.08. The number of aryl methyl sites for hydroxylation is 1. The summed E-state index contributed by atoms with van der Waals surface area (Å²) in [5.41, 5.74) is 2.79. The molecule has 0 atom stereocenters. The molecular weight excluding hydrogens is 274 g/mol. The van der Waals surface area contributed by atoms with Crippen molar-refractivity contribution < 1.29 is 4.42 Å². The van der Waals surface area contributed by atoms with Crippen LogP contribution in [0.1, 0.15) is 5.56 Å². The third-order valence-electron chi connectivity index (χ3n) is 2.96. The molecule has 2 nitrogen and oxygen atoms in total. The van der Waals surface area contributed by atoms with Gasteiger partial charge >= 0.3 is 0 Å². The molecule has 0 fully saturated rings. The van der Waals surface area contributed by atoms with Crippen molar-refractivity contribution in [3.8, 4) is 5.69 Å². The molecule has 1 heterocycles. The van der Waals surface area contributed by atoms with E-state index in [9.17, 15) is 0 Å². The maximum Gasteiger partial charge on any atom is 0.274 e. The molecule has 94 valence electrons. The van der Waals surface area contributed by atoms with Gasteiger partial charge in [0.2, 0.25) is 0 Å². The van der Waals surface area contributed by atoms with Gasteiger partial charge in [-0.1, -0.05) is 42.0 Å². The van der Waals surface area contributed by atoms with E-state index in [-0.39, 0.29) is 0 Å². The maximum absolute atomic E-state index is 5.69. The van der Waals surface area contributed by atoms with E-state index in [1.807, 2.05) is 55.5 Å². The Balaban J connectivity index is 2.44. The average Bonchev–Trinajstić information content (AvgIpc) is 2.41.